The van der Waals surface area contributed by atoms with Gasteiger partial charge in [-0.3, -0.25) is 0 Å². The van der Waals surface area contributed by atoms with E-state index in [4.69, 9.17) is 0 Å². The summed E-state index contributed by atoms with van der Waals surface area (Å²) in [6.45, 7) is 1.76. The molecule has 1 heterocycles. The van der Waals surface area contributed by atoms with Crippen LogP contribution in [0.1, 0.15) is 24.3 Å². The lowest BCUT2D eigenvalue weighted by Gasteiger charge is -2.23. The van der Waals surface area contributed by atoms with E-state index in [0.717, 1.165) is 43.8 Å². The van der Waals surface area contributed by atoms with E-state index >= 15 is 0 Å². The SMILES string of the molecule is CS(=O)(=O)c1cc(F)cc(C2CCCNC2)c1. The van der Waals surface area contributed by atoms with Gasteiger partial charge < -0.3 is 5.32 Å². The second-order valence-corrected chi connectivity index (χ2v) is 6.55. The molecular formula is C12H16FNO2S. The molecule has 1 aromatic carbocycles. The highest BCUT2D eigenvalue weighted by Gasteiger charge is 2.18. The molecule has 94 valence electrons. The standard InChI is InChI=1S/C12H16FNO2S/c1-17(15,16)12-6-10(5-11(13)7-12)9-3-2-4-14-8-9/h5-7,9,14H,2-4,8H2,1H3. The van der Waals surface area contributed by atoms with Gasteiger partial charge in [-0.25, -0.2) is 12.8 Å². The van der Waals surface area contributed by atoms with Crippen molar-refractivity contribution in [2.75, 3.05) is 19.3 Å². The summed E-state index contributed by atoms with van der Waals surface area (Å²) in [6.07, 6.45) is 3.11. The van der Waals surface area contributed by atoms with Crippen molar-refractivity contribution >= 4 is 9.84 Å². The average Bonchev–Trinajstić information content (AvgIpc) is 2.28. The Labute approximate surface area is 101 Å². The highest BCUT2D eigenvalue weighted by atomic mass is 32.2. The van der Waals surface area contributed by atoms with Gasteiger partial charge in [-0.05, 0) is 49.1 Å². The first-order valence-electron chi connectivity index (χ1n) is 5.68. The number of sulfone groups is 1. The van der Waals surface area contributed by atoms with Crippen molar-refractivity contribution in [2.24, 2.45) is 0 Å². The molecule has 5 heteroatoms. The van der Waals surface area contributed by atoms with Crippen molar-refractivity contribution < 1.29 is 12.8 Å². The van der Waals surface area contributed by atoms with Crippen LogP contribution >= 0.6 is 0 Å². The molecule has 1 N–H and O–H groups in total. The lowest BCUT2D eigenvalue weighted by molar-refractivity contribution is 0.459. The van der Waals surface area contributed by atoms with Crippen LogP contribution in [-0.4, -0.2) is 27.8 Å². The van der Waals surface area contributed by atoms with Crippen molar-refractivity contribution in [2.45, 2.75) is 23.7 Å². The molecule has 0 aromatic heterocycles. The molecule has 0 spiro atoms. The van der Waals surface area contributed by atoms with Crippen molar-refractivity contribution in [1.82, 2.24) is 5.32 Å². The van der Waals surface area contributed by atoms with Crippen LogP contribution in [0.15, 0.2) is 23.1 Å². The minimum absolute atomic E-state index is 0.0677. The van der Waals surface area contributed by atoms with Gasteiger partial charge >= 0.3 is 0 Å². The summed E-state index contributed by atoms with van der Waals surface area (Å²) in [5.41, 5.74) is 0.776. The van der Waals surface area contributed by atoms with Crippen LogP contribution in [0, 0.1) is 5.82 Å². The lowest BCUT2D eigenvalue weighted by Crippen LogP contribution is -2.28. The number of benzene rings is 1. The van der Waals surface area contributed by atoms with E-state index in [1.165, 1.54) is 6.07 Å². The molecule has 0 radical (unpaired) electrons. The second-order valence-electron chi connectivity index (χ2n) is 4.54. The zero-order valence-electron chi connectivity index (χ0n) is 9.74. The van der Waals surface area contributed by atoms with Crippen LogP contribution in [0.4, 0.5) is 4.39 Å². The number of halogens is 1. The maximum atomic E-state index is 13.4. The third kappa shape index (κ3) is 3.04. The summed E-state index contributed by atoms with van der Waals surface area (Å²) in [5, 5.41) is 3.24. The quantitative estimate of drug-likeness (QED) is 0.877. The molecule has 1 aromatic rings. The maximum Gasteiger partial charge on any atom is 0.175 e. The van der Waals surface area contributed by atoms with Crippen molar-refractivity contribution in [1.29, 1.82) is 0 Å². The Bertz CT molecular complexity index is 507. The topological polar surface area (TPSA) is 46.2 Å². The molecule has 17 heavy (non-hydrogen) atoms. The fraction of sp³-hybridized carbons (Fsp3) is 0.500. The summed E-state index contributed by atoms with van der Waals surface area (Å²) in [7, 11) is -3.35. The molecule has 1 atom stereocenters. The van der Waals surface area contributed by atoms with Crippen LogP contribution in [-0.2, 0) is 9.84 Å². The molecule has 1 aliphatic heterocycles. The highest BCUT2D eigenvalue weighted by Crippen LogP contribution is 2.26. The zero-order valence-corrected chi connectivity index (χ0v) is 10.6. The second kappa shape index (κ2) is 4.74. The fourth-order valence-corrected chi connectivity index (χ4v) is 2.85. The normalized spacial score (nSPS) is 21.4. The van der Waals surface area contributed by atoms with Crippen LogP contribution in [0.2, 0.25) is 0 Å². The van der Waals surface area contributed by atoms with E-state index in [9.17, 15) is 12.8 Å². The van der Waals surface area contributed by atoms with E-state index in [1.54, 1.807) is 6.07 Å². The summed E-state index contributed by atoms with van der Waals surface area (Å²) in [5.74, 6) is -0.270. The summed E-state index contributed by atoms with van der Waals surface area (Å²) in [6, 6.07) is 4.11. The summed E-state index contributed by atoms with van der Waals surface area (Å²) in [4.78, 5) is 0.0677. The van der Waals surface area contributed by atoms with Gasteiger partial charge in [0, 0.05) is 12.8 Å². The van der Waals surface area contributed by atoms with Crippen molar-refractivity contribution in [3.05, 3.63) is 29.6 Å². The van der Waals surface area contributed by atoms with Gasteiger partial charge in [-0.2, -0.15) is 0 Å². The molecule has 0 bridgehead atoms. The Morgan fingerprint density at radius 3 is 2.71 bits per heavy atom. The number of hydrogen-bond donors (Lipinski definition) is 1. The van der Waals surface area contributed by atoms with Gasteiger partial charge in [0.25, 0.3) is 0 Å². The van der Waals surface area contributed by atoms with Gasteiger partial charge in [0.2, 0.25) is 0 Å². The van der Waals surface area contributed by atoms with Gasteiger partial charge in [0.05, 0.1) is 4.90 Å². The van der Waals surface area contributed by atoms with E-state index < -0.39 is 15.7 Å². The largest absolute Gasteiger partial charge is 0.316 e. The van der Waals surface area contributed by atoms with Crippen LogP contribution in [0.3, 0.4) is 0 Å². The first-order chi connectivity index (χ1) is 7.97. The molecule has 0 amide bonds. The van der Waals surface area contributed by atoms with E-state index in [-0.39, 0.29) is 10.8 Å². The van der Waals surface area contributed by atoms with Crippen LogP contribution in [0.25, 0.3) is 0 Å². The average molecular weight is 257 g/mol. The van der Waals surface area contributed by atoms with Crippen LogP contribution in [0.5, 0.6) is 0 Å². The molecular weight excluding hydrogens is 241 g/mol. The third-order valence-electron chi connectivity index (χ3n) is 3.09. The molecule has 0 saturated carbocycles. The number of hydrogen-bond acceptors (Lipinski definition) is 3. The Kier molecular flexibility index (Phi) is 3.49. The number of piperidine rings is 1. The number of rotatable bonds is 2. The van der Waals surface area contributed by atoms with Gasteiger partial charge in [0.1, 0.15) is 5.82 Å². The molecule has 0 aliphatic carbocycles. The maximum absolute atomic E-state index is 13.4. The molecule has 3 nitrogen and oxygen atoms in total. The molecule has 1 aliphatic rings. The minimum atomic E-state index is -3.35. The Hall–Kier alpha value is -0.940. The predicted molar refractivity (Wildman–Crippen MR) is 64.4 cm³/mol. The summed E-state index contributed by atoms with van der Waals surface area (Å²) < 4.78 is 36.3. The first kappa shape index (κ1) is 12.5. The van der Waals surface area contributed by atoms with Gasteiger partial charge in [-0.15, -0.1) is 0 Å². The van der Waals surface area contributed by atoms with Gasteiger partial charge in [0.15, 0.2) is 9.84 Å². The zero-order chi connectivity index (χ0) is 12.5. The Balaban J connectivity index is 2.37. The van der Waals surface area contributed by atoms with Gasteiger partial charge in [-0.1, -0.05) is 0 Å². The third-order valence-corrected chi connectivity index (χ3v) is 4.18. The van der Waals surface area contributed by atoms with Crippen molar-refractivity contribution in [3.63, 3.8) is 0 Å². The Morgan fingerprint density at radius 2 is 2.12 bits per heavy atom. The van der Waals surface area contributed by atoms with E-state index in [0.29, 0.717) is 0 Å². The molecule has 1 unspecified atom stereocenters. The highest BCUT2D eigenvalue weighted by molar-refractivity contribution is 7.90. The first-order valence-corrected chi connectivity index (χ1v) is 7.57. The number of nitrogens with one attached hydrogen (secondary N) is 1. The fourth-order valence-electron chi connectivity index (χ4n) is 2.17. The molecule has 2 rings (SSSR count). The molecule has 1 fully saturated rings. The molecule has 1 saturated heterocycles. The van der Waals surface area contributed by atoms with E-state index in [1.807, 2.05) is 0 Å². The summed E-state index contributed by atoms with van der Waals surface area (Å²) >= 11 is 0. The van der Waals surface area contributed by atoms with E-state index in [2.05, 4.69) is 5.32 Å². The van der Waals surface area contributed by atoms with Crippen LogP contribution < -0.4 is 5.32 Å². The minimum Gasteiger partial charge on any atom is -0.316 e. The smallest absolute Gasteiger partial charge is 0.175 e. The monoisotopic (exact) mass is 257 g/mol. The van der Waals surface area contributed by atoms with Crippen molar-refractivity contribution in [3.8, 4) is 0 Å². The predicted octanol–water partition coefficient (Wildman–Crippen LogP) is 1.70. The lowest BCUT2D eigenvalue weighted by atomic mass is 9.92. The Morgan fingerprint density at radius 1 is 1.35 bits per heavy atom.